The van der Waals surface area contributed by atoms with E-state index in [-0.39, 0.29) is 5.56 Å². The van der Waals surface area contributed by atoms with Crippen LogP contribution in [-0.4, -0.2) is 29.1 Å². The predicted molar refractivity (Wildman–Crippen MR) is 66.2 cm³/mol. The molecule has 0 bridgehead atoms. The molecule has 0 fully saturated rings. The summed E-state index contributed by atoms with van der Waals surface area (Å²) in [6.07, 6.45) is 2.27. The molecule has 1 unspecified atom stereocenters. The number of nitrogens with zero attached hydrogens (tertiary/aromatic N) is 1. The van der Waals surface area contributed by atoms with Crippen molar-refractivity contribution >= 4 is 5.97 Å². The molecule has 0 spiro atoms. The van der Waals surface area contributed by atoms with Gasteiger partial charge < -0.3 is 9.52 Å². The minimum Gasteiger partial charge on any atom is -0.478 e. The van der Waals surface area contributed by atoms with Crippen molar-refractivity contribution in [2.45, 2.75) is 46.2 Å². The molecule has 17 heavy (non-hydrogen) atoms. The smallest absolute Gasteiger partial charge is 0.339 e. The van der Waals surface area contributed by atoms with Crippen molar-refractivity contribution in [1.29, 1.82) is 0 Å². The van der Waals surface area contributed by atoms with Gasteiger partial charge in [0.15, 0.2) is 0 Å². The quantitative estimate of drug-likeness (QED) is 0.829. The number of carbonyl (C=O) groups is 1. The molecule has 4 heteroatoms. The average Bonchev–Trinajstić information content (AvgIpc) is 2.59. The van der Waals surface area contributed by atoms with E-state index in [1.54, 1.807) is 13.0 Å². The SMILES string of the molecule is CCCC(C)N(C)Cc1cc(C(=O)O)c(C)o1. The van der Waals surface area contributed by atoms with Gasteiger partial charge >= 0.3 is 5.97 Å². The third kappa shape index (κ3) is 3.60. The van der Waals surface area contributed by atoms with E-state index in [1.165, 1.54) is 0 Å². The Balaban J connectivity index is 2.69. The number of carboxylic acids is 1. The first-order chi connectivity index (χ1) is 7.95. The Morgan fingerprint density at radius 1 is 1.59 bits per heavy atom. The highest BCUT2D eigenvalue weighted by molar-refractivity contribution is 5.88. The number of rotatable bonds is 6. The number of hydrogen-bond donors (Lipinski definition) is 1. The summed E-state index contributed by atoms with van der Waals surface area (Å²) >= 11 is 0. The second-order valence-electron chi connectivity index (χ2n) is 4.54. The highest BCUT2D eigenvalue weighted by atomic mass is 16.4. The number of aryl methyl sites for hydroxylation is 1. The zero-order chi connectivity index (χ0) is 13.0. The standard InChI is InChI=1S/C13H21NO3/c1-5-6-9(2)14(4)8-11-7-12(13(15)16)10(3)17-11/h7,9H,5-6,8H2,1-4H3,(H,15,16). The molecule has 0 aliphatic carbocycles. The lowest BCUT2D eigenvalue weighted by atomic mass is 10.1. The molecule has 4 nitrogen and oxygen atoms in total. The third-order valence-corrected chi connectivity index (χ3v) is 3.06. The lowest BCUT2D eigenvalue weighted by Gasteiger charge is -2.23. The van der Waals surface area contributed by atoms with Crippen LogP contribution in [0.25, 0.3) is 0 Å². The molecule has 0 saturated carbocycles. The molecule has 0 aromatic carbocycles. The van der Waals surface area contributed by atoms with E-state index in [4.69, 9.17) is 9.52 Å². The molecule has 1 aromatic heterocycles. The van der Waals surface area contributed by atoms with Crippen LogP contribution >= 0.6 is 0 Å². The van der Waals surface area contributed by atoms with Crippen LogP contribution in [0, 0.1) is 6.92 Å². The molecule has 1 rings (SSSR count). The fraction of sp³-hybridized carbons (Fsp3) is 0.615. The van der Waals surface area contributed by atoms with Crippen molar-refractivity contribution in [2.24, 2.45) is 0 Å². The summed E-state index contributed by atoms with van der Waals surface area (Å²) in [7, 11) is 2.03. The van der Waals surface area contributed by atoms with E-state index in [9.17, 15) is 4.79 Å². The Morgan fingerprint density at radius 2 is 2.24 bits per heavy atom. The lowest BCUT2D eigenvalue weighted by molar-refractivity contribution is 0.0695. The number of carboxylic acid groups (broad SMARTS) is 1. The van der Waals surface area contributed by atoms with Crippen LogP contribution in [0.5, 0.6) is 0 Å². The van der Waals surface area contributed by atoms with E-state index in [0.717, 1.165) is 12.8 Å². The monoisotopic (exact) mass is 239 g/mol. The Bertz CT molecular complexity index is 384. The van der Waals surface area contributed by atoms with Crippen LogP contribution < -0.4 is 0 Å². The molecule has 0 amide bonds. The largest absolute Gasteiger partial charge is 0.478 e. The van der Waals surface area contributed by atoms with Crippen LogP contribution in [-0.2, 0) is 6.54 Å². The maximum Gasteiger partial charge on any atom is 0.339 e. The van der Waals surface area contributed by atoms with Crippen molar-refractivity contribution in [2.75, 3.05) is 7.05 Å². The van der Waals surface area contributed by atoms with Crippen molar-refractivity contribution in [1.82, 2.24) is 4.90 Å². The van der Waals surface area contributed by atoms with Crippen molar-refractivity contribution in [3.63, 3.8) is 0 Å². The van der Waals surface area contributed by atoms with Gasteiger partial charge in [0.25, 0.3) is 0 Å². The van der Waals surface area contributed by atoms with Gasteiger partial charge in [0.2, 0.25) is 0 Å². The highest BCUT2D eigenvalue weighted by Crippen LogP contribution is 2.17. The predicted octanol–water partition coefficient (Wildman–Crippen LogP) is 2.91. The molecule has 1 aromatic rings. The fourth-order valence-corrected chi connectivity index (χ4v) is 1.87. The topological polar surface area (TPSA) is 53.7 Å². The molecule has 1 N–H and O–H groups in total. The molecule has 0 saturated heterocycles. The summed E-state index contributed by atoms with van der Waals surface area (Å²) in [6, 6.07) is 2.09. The highest BCUT2D eigenvalue weighted by Gasteiger charge is 2.16. The van der Waals surface area contributed by atoms with Gasteiger partial charge in [0, 0.05) is 6.04 Å². The summed E-state index contributed by atoms with van der Waals surface area (Å²) in [5.74, 6) is 0.260. The van der Waals surface area contributed by atoms with Gasteiger partial charge in [-0.25, -0.2) is 4.79 Å². The molecule has 0 aliphatic heterocycles. The molecule has 1 atom stereocenters. The lowest BCUT2D eigenvalue weighted by Crippen LogP contribution is -2.28. The first kappa shape index (κ1) is 13.8. The van der Waals surface area contributed by atoms with Gasteiger partial charge in [-0.15, -0.1) is 0 Å². The van der Waals surface area contributed by atoms with Gasteiger partial charge in [-0.1, -0.05) is 13.3 Å². The molecule has 0 aliphatic rings. The average molecular weight is 239 g/mol. The van der Waals surface area contributed by atoms with Crippen LogP contribution in [0.3, 0.4) is 0 Å². The maximum absolute atomic E-state index is 10.9. The van der Waals surface area contributed by atoms with E-state index in [0.29, 0.717) is 24.1 Å². The number of aromatic carboxylic acids is 1. The van der Waals surface area contributed by atoms with Crippen LogP contribution in [0.1, 0.15) is 48.6 Å². The Kier molecular flexibility index (Phi) is 4.75. The Morgan fingerprint density at radius 3 is 2.71 bits per heavy atom. The van der Waals surface area contributed by atoms with Crippen LogP contribution in [0.15, 0.2) is 10.5 Å². The maximum atomic E-state index is 10.9. The minimum absolute atomic E-state index is 0.261. The normalized spacial score (nSPS) is 13.0. The Hall–Kier alpha value is -1.29. The molecular formula is C13H21NO3. The molecule has 96 valence electrons. The molecular weight excluding hydrogens is 218 g/mol. The Labute approximate surface area is 102 Å². The zero-order valence-corrected chi connectivity index (χ0v) is 11.0. The second-order valence-corrected chi connectivity index (χ2v) is 4.54. The second kappa shape index (κ2) is 5.87. The van der Waals surface area contributed by atoms with Gasteiger partial charge in [-0.05, 0) is 33.4 Å². The third-order valence-electron chi connectivity index (χ3n) is 3.06. The minimum atomic E-state index is -0.929. The van der Waals surface area contributed by atoms with Crippen LogP contribution in [0.4, 0.5) is 0 Å². The summed E-state index contributed by atoms with van der Waals surface area (Å²) in [5, 5.41) is 8.93. The number of furan rings is 1. The fourth-order valence-electron chi connectivity index (χ4n) is 1.87. The van der Waals surface area contributed by atoms with Crippen molar-refractivity contribution in [3.8, 4) is 0 Å². The van der Waals surface area contributed by atoms with E-state index in [1.807, 2.05) is 7.05 Å². The first-order valence-corrected chi connectivity index (χ1v) is 5.98. The van der Waals surface area contributed by atoms with Crippen molar-refractivity contribution < 1.29 is 14.3 Å². The van der Waals surface area contributed by atoms with Gasteiger partial charge in [-0.3, -0.25) is 4.90 Å². The van der Waals surface area contributed by atoms with Gasteiger partial charge in [-0.2, -0.15) is 0 Å². The first-order valence-electron chi connectivity index (χ1n) is 5.98. The van der Waals surface area contributed by atoms with E-state index in [2.05, 4.69) is 18.7 Å². The van der Waals surface area contributed by atoms with Gasteiger partial charge in [0.1, 0.15) is 17.1 Å². The van der Waals surface area contributed by atoms with Gasteiger partial charge in [0.05, 0.1) is 6.54 Å². The van der Waals surface area contributed by atoms with Crippen molar-refractivity contribution in [3.05, 3.63) is 23.2 Å². The summed E-state index contributed by atoms with van der Waals surface area (Å²) in [4.78, 5) is 13.1. The molecule has 1 heterocycles. The van der Waals surface area contributed by atoms with E-state index >= 15 is 0 Å². The summed E-state index contributed by atoms with van der Waals surface area (Å²) in [6.45, 7) is 6.65. The zero-order valence-electron chi connectivity index (χ0n) is 11.0. The van der Waals surface area contributed by atoms with E-state index < -0.39 is 5.97 Å². The summed E-state index contributed by atoms with van der Waals surface area (Å²) < 4.78 is 5.45. The molecule has 0 radical (unpaired) electrons. The number of hydrogen-bond acceptors (Lipinski definition) is 3. The van der Waals surface area contributed by atoms with Crippen LogP contribution in [0.2, 0.25) is 0 Å². The summed E-state index contributed by atoms with van der Waals surface area (Å²) in [5.41, 5.74) is 0.261.